The maximum Gasteiger partial charge on any atom is 3.00 e. The number of hydrogen-bond acceptors (Lipinski definition) is 9. The van der Waals surface area contributed by atoms with Crippen molar-refractivity contribution >= 4 is 24.8 Å². The van der Waals surface area contributed by atoms with E-state index in [0.29, 0.717) is 0 Å². The molecule has 0 aromatic heterocycles. The van der Waals surface area contributed by atoms with Crippen LogP contribution >= 0.6 is 24.8 Å². The zero-order chi connectivity index (χ0) is 10.7. The summed E-state index contributed by atoms with van der Waals surface area (Å²) in [5, 5.41) is 0. The molecule has 80 valence electrons. The van der Waals surface area contributed by atoms with E-state index >= 15 is 0 Å². The summed E-state index contributed by atoms with van der Waals surface area (Å²) in [6.07, 6.45) is 0. The smallest absolute Gasteiger partial charge is 0.813 e. The number of hydrogen-bond donors (Lipinski definition) is 0. The van der Waals surface area contributed by atoms with Gasteiger partial charge in [-0.1, -0.05) is 24.8 Å². The predicted octanol–water partition coefficient (Wildman–Crippen LogP) is -5.71. The van der Waals surface area contributed by atoms with E-state index in [1.165, 1.54) is 0 Å². The fourth-order valence-electron chi connectivity index (χ4n) is 0. The molecule has 0 atom stereocenters. The van der Waals surface area contributed by atoms with Gasteiger partial charge in [-0.3, -0.25) is 0 Å². The van der Waals surface area contributed by atoms with E-state index < -0.39 is 24.8 Å². The van der Waals surface area contributed by atoms with Crippen molar-refractivity contribution in [1.82, 2.24) is 0 Å². The van der Waals surface area contributed by atoms with Crippen LogP contribution in [0.4, 0.5) is 0 Å². The molecule has 0 saturated carbocycles. The molecule has 0 heterocycles. The van der Waals surface area contributed by atoms with Crippen LogP contribution in [-0.2, 0) is 13.7 Å². The normalized spacial score (nSPS) is 7.50. The third kappa shape index (κ3) is 299. The second-order valence-corrected chi connectivity index (χ2v) is 2.25. The van der Waals surface area contributed by atoms with E-state index in [1.54, 1.807) is 0 Å². The molecule has 0 unspecified atom stereocenters. The van der Waals surface area contributed by atoms with E-state index in [0.717, 1.165) is 0 Å². The average Bonchev–Trinajstić information content (AvgIpc) is 1.54. The zero-order valence-corrected chi connectivity index (χ0v) is 15.5. The van der Waals surface area contributed by atoms with Gasteiger partial charge < -0.3 is 43.1 Å². The first-order chi connectivity index (χ1) is 5.20. The van der Waals surface area contributed by atoms with Crippen LogP contribution in [0.2, 0.25) is 0 Å². The second kappa shape index (κ2) is 25.1. The Morgan fingerprint density at radius 1 is 0.500 bits per heavy atom. The molecule has 0 aliphatic rings. The van der Waals surface area contributed by atoms with Crippen LogP contribution in [0.25, 0.3) is 0 Å². The summed E-state index contributed by atoms with van der Waals surface area (Å²) in [6, 6.07) is 0. The Labute approximate surface area is 149 Å². The molecule has 14 heteroatoms. The largest absolute Gasteiger partial charge is 3.00 e. The van der Waals surface area contributed by atoms with Crippen LogP contribution < -0.4 is 29.4 Å². The molecule has 0 aliphatic carbocycles. The standard InChI is InChI=1S/2Ce.3H3O3P/c;;3*1-4(2)3/h;;3*4H,(H2,1,2,3)/q2*+3;;;/p-6. The van der Waals surface area contributed by atoms with Crippen LogP contribution in [-0.4, -0.2) is 0 Å². The molecule has 0 N–H and O–H groups in total. The van der Waals surface area contributed by atoms with Crippen LogP contribution in [0.15, 0.2) is 0 Å². The minimum Gasteiger partial charge on any atom is -0.813 e. The van der Waals surface area contributed by atoms with Crippen LogP contribution in [0.5, 0.6) is 0 Å². The summed E-state index contributed by atoms with van der Waals surface area (Å²) in [4.78, 5) is 51.1. The molecule has 0 aromatic rings. The SMILES string of the molecule is O=[PH]([O-])[O-].O=[PH]([O-])[O-].O=[PH]([O-])[O-].[Ce+3].[Ce+3]. The maximum atomic E-state index is 8.52. The molecule has 0 fully saturated rings. The Hall–Kier alpha value is 3.20. The summed E-state index contributed by atoms with van der Waals surface area (Å²) in [7, 11) is -10.9. The number of rotatable bonds is 0. The summed E-state index contributed by atoms with van der Waals surface area (Å²) in [5.74, 6) is 0. The van der Waals surface area contributed by atoms with Crippen LogP contribution in [0.1, 0.15) is 0 Å². The van der Waals surface area contributed by atoms with Gasteiger partial charge in [0.1, 0.15) is 0 Å². The molecule has 0 aromatic carbocycles. The Morgan fingerprint density at radius 3 is 0.500 bits per heavy atom. The first-order valence-electron chi connectivity index (χ1n) is 1.84. The van der Waals surface area contributed by atoms with Gasteiger partial charge in [-0.25, -0.2) is 0 Å². The fraction of sp³-hybridized carbons (Fsp3) is 0. The van der Waals surface area contributed by atoms with Crippen molar-refractivity contribution in [3.63, 3.8) is 0 Å². The Kier molecular flexibility index (Phi) is 54.5. The second-order valence-electron chi connectivity index (χ2n) is 0.750. The van der Waals surface area contributed by atoms with Gasteiger partial charge >= 0.3 is 83.5 Å². The van der Waals surface area contributed by atoms with Crippen molar-refractivity contribution in [3.8, 4) is 0 Å². The summed E-state index contributed by atoms with van der Waals surface area (Å²) >= 11 is 0. The molecule has 9 nitrogen and oxygen atoms in total. The van der Waals surface area contributed by atoms with Gasteiger partial charge in [0, 0.05) is 0 Å². The molecule has 0 bridgehead atoms. The van der Waals surface area contributed by atoms with Gasteiger partial charge in [-0.15, -0.1) is 0 Å². The van der Waals surface area contributed by atoms with E-state index in [4.69, 9.17) is 43.1 Å². The zero-order valence-electron chi connectivity index (χ0n) is 6.17. The first-order valence-corrected chi connectivity index (χ1v) is 5.51. The first kappa shape index (κ1) is 30.3. The van der Waals surface area contributed by atoms with E-state index in [2.05, 4.69) is 0 Å². The van der Waals surface area contributed by atoms with E-state index in [1.807, 2.05) is 0 Å². The molecule has 0 spiro atoms. The summed E-state index contributed by atoms with van der Waals surface area (Å²) < 4.78 is 25.6. The quantitative estimate of drug-likeness (QED) is 0.280. The summed E-state index contributed by atoms with van der Waals surface area (Å²) in [6.45, 7) is 0. The van der Waals surface area contributed by atoms with Crippen LogP contribution in [0.3, 0.4) is 0 Å². The van der Waals surface area contributed by atoms with Gasteiger partial charge in [-0.05, 0) is 0 Å². The molecule has 0 rings (SSSR count). The molecule has 14 heavy (non-hydrogen) atoms. The average molecular weight is 520 g/mol. The third-order valence-corrected chi connectivity index (χ3v) is 0. The van der Waals surface area contributed by atoms with Crippen LogP contribution in [0, 0.1) is 83.5 Å². The van der Waals surface area contributed by atoms with Crippen molar-refractivity contribution in [2.75, 3.05) is 0 Å². The van der Waals surface area contributed by atoms with Crippen molar-refractivity contribution in [2.24, 2.45) is 0 Å². The van der Waals surface area contributed by atoms with E-state index in [-0.39, 0.29) is 83.5 Å². The minimum atomic E-state index is -3.63. The van der Waals surface area contributed by atoms with E-state index in [9.17, 15) is 0 Å². The van der Waals surface area contributed by atoms with Gasteiger partial charge in [0.2, 0.25) is 0 Å². The third-order valence-electron chi connectivity index (χ3n) is 0. The van der Waals surface area contributed by atoms with Crippen molar-refractivity contribution in [1.29, 1.82) is 0 Å². The van der Waals surface area contributed by atoms with Gasteiger partial charge in [0.05, 0.1) is 0 Å². The Morgan fingerprint density at radius 2 is 0.500 bits per heavy atom. The monoisotopic (exact) mass is 520 g/mol. The van der Waals surface area contributed by atoms with Crippen molar-refractivity contribution in [2.45, 2.75) is 0 Å². The molecular formula is H3Ce2O9P3. The van der Waals surface area contributed by atoms with Crippen molar-refractivity contribution < 1.29 is 127 Å². The van der Waals surface area contributed by atoms with Gasteiger partial charge in [-0.2, -0.15) is 0 Å². The fourth-order valence-corrected chi connectivity index (χ4v) is 0. The Bertz CT molecular complexity index is 116. The van der Waals surface area contributed by atoms with Gasteiger partial charge in [0.25, 0.3) is 0 Å². The molecular weight excluding hydrogens is 517 g/mol. The predicted molar refractivity (Wildman–Crippen MR) is 27.0 cm³/mol. The molecule has 0 saturated heterocycles. The van der Waals surface area contributed by atoms with Gasteiger partial charge in [0.15, 0.2) is 0 Å². The molecule has 2 radical (unpaired) electrons. The minimum absolute atomic E-state index is 0. The summed E-state index contributed by atoms with van der Waals surface area (Å²) in [5.41, 5.74) is 0. The molecule has 0 amide bonds. The maximum absolute atomic E-state index is 8.52. The molecule has 0 aliphatic heterocycles. The van der Waals surface area contributed by atoms with Crippen molar-refractivity contribution in [3.05, 3.63) is 0 Å². The Balaban J connectivity index is -0.0000000270. The topological polar surface area (TPSA) is 190 Å².